The average molecular weight is 118 g/mol. The van der Waals surface area contributed by atoms with Crippen LogP contribution in [0.1, 0.15) is 19.8 Å². The molecular weight excluding hydrogens is 104 g/mol. The Labute approximate surface area is 49.7 Å². The van der Waals surface area contributed by atoms with Crippen LogP contribution in [0.4, 0.5) is 0 Å². The van der Waals surface area contributed by atoms with Crippen LogP contribution >= 0.6 is 0 Å². The zero-order valence-corrected chi connectivity index (χ0v) is 5.22. The highest BCUT2D eigenvalue weighted by Crippen LogP contribution is 2.01. The Kier molecular flexibility index (Phi) is 2.97. The van der Waals surface area contributed by atoms with Crippen molar-refractivity contribution in [2.24, 2.45) is 11.5 Å². The monoisotopic (exact) mass is 118 g/mol. The Balaban J connectivity index is 3.11. The number of aliphatic hydroxyl groups is 1. The van der Waals surface area contributed by atoms with Crippen LogP contribution < -0.4 is 11.5 Å². The fourth-order valence-corrected chi connectivity index (χ4v) is 0.460. The molecule has 0 aromatic heterocycles. The van der Waals surface area contributed by atoms with Gasteiger partial charge in [0.05, 0.1) is 0 Å². The van der Waals surface area contributed by atoms with Crippen molar-refractivity contribution < 1.29 is 5.11 Å². The Morgan fingerprint density at radius 2 is 2.12 bits per heavy atom. The molecule has 50 valence electrons. The minimum atomic E-state index is -1.03. The zero-order chi connectivity index (χ0) is 6.62. The van der Waals surface area contributed by atoms with Crippen molar-refractivity contribution in [1.82, 2.24) is 0 Å². The van der Waals surface area contributed by atoms with Gasteiger partial charge in [0.1, 0.15) is 5.72 Å². The van der Waals surface area contributed by atoms with Crippen molar-refractivity contribution in [3.05, 3.63) is 0 Å². The van der Waals surface area contributed by atoms with Crippen LogP contribution in [0.25, 0.3) is 0 Å². The lowest BCUT2D eigenvalue weighted by Crippen LogP contribution is -2.35. The standard InChI is InChI=1S/C5H14N2O/c1-5(7,8)3-2-4-6/h8H,2-4,6-7H2,1H3. The summed E-state index contributed by atoms with van der Waals surface area (Å²) in [5.74, 6) is 0. The van der Waals surface area contributed by atoms with E-state index in [-0.39, 0.29) is 0 Å². The molecule has 0 saturated heterocycles. The molecule has 0 saturated carbocycles. The van der Waals surface area contributed by atoms with Crippen LogP contribution in [0.2, 0.25) is 0 Å². The molecule has 0 aliphatic heterocycles. The molecular formula is C5H14N2O. The van der Waals surface area contributed by atoms with E-state index >= 15 is 0 Å². The second kappa shape index (κ2) is 3.02. The second-order valence-electron chi connectivity index (χ2n) is 2.25. The maximum absolute atomic E-state index is 8.87. The lowest BCUT2D eigenvalue weighted by molar-refractivity contribution is 0.0565. The average Bonchev–Trinajstić information content (AvgIpc) is 1.59. The minimum Gasteiger partial charge on any atom is -0.376 e. The third-order valence-electron chi connectivity index (χ3n) is 0.887. The third kappa shape index (κ3) is 5.88. The summed E-state index contributed by atoms with van der Waals surface area (Å²) in [6, 6.07) is 0. The van der Waals surface area contributed by atoms with Crippen LogP contribution in [-0.2, 0) is 0 Å². The van der Waals surface area contributed by atoms with Gasteiger partial charge >= 0.3 is 0 Å². The topological polar surface area (TPSA) is 72.3 Å². The lowest BCUT2D eigenvalue weighted by atomic mass is 10.1. The largest absolute Gasteiger partial charge is 0.376 e. The van der Waals surface area contributed by atoms with E-state index in [9.17, 15) is 0 Å². The van der Waals surface area contributed by atoms with Crippen molar-refractivity contribution in [3.8, 4) is 0 Å². The SMILES string of the molecule is CC(N)(O)CCCN. The van der Waals surface area contributed by atoms with E-state index in [0.29, 0.717) is 13.0 Å². The first-order valence-corrected chi connectivity index (χ1v) is 2.77. The molecule has 1 unspecified atom stereocenters. The van der Waals surface area contributed by atoms with Gasteiger partial charge in [-0.2, -0.15) is 0 Å². The van der Waals surface area contributed by atoms with Crippen molar-refractivity contribution in [1.29, 1.82) is 0 Å². The minimum absolute atomic E-state index is 0.573. The van der Waals surface area contributed by atoms with Crippen LogP contribution in [0, 0.1) is 0 Å². The highest BCUT2D eigenvalue weighted by Gasteiger charge is 2.10. The van der Waals surface area contributed by atoms with E-state index in [4.69, 9.17) is 16.6 Å². The van der Waals surface area contributed by atoms with Gasteiger partial charge in [-0.1, -0.05) is 0 Å². The summed E-state index contributed by atoms with van der Waals surface area (Å²) in [5, 5.41) is 8.87. The van der Waals surface area contributed by atoms with Crippen molar-refractivity contribution in [3.63, 3.8) is 0 Å². The molecule has 0 aliphatic rings. The predicted octanol–water partition coefficient (Wildman–Crippen LogP) is -0.608. The van der Waals surface area contributed by atoms with Gasteiger partial charge in [-0.25, -0.2) is 0 Å². The molecule has 0 amide bonds. The molecule has 3 heteroatoms. The van der Waals surface area contributed by atoms with Gasteiger partial charge in [0.25, 0.3) is 0 Å². The summed E-state index contributed by atoms with van der Waals surface area (Å²) < 4.78 is 0. The van der Waals surface area contributed by atoms with E-state index in [1.807, 2.05) is 0 Å². The molecule has 5 N–H and O–H groups in total. The van der Waals surface area contributed by atoms with E-state index < -0.39 is 5.72 Å². The first-order valence-electron chi connectivity index (χ1n) is 2.77. The maximum Gasteiger partial charge on any atom is 0.110 e. The number of hydrogen-bond donors (Lipinski definition) is 3. The Bertz CT molecular complexity index is 57.9. The van der Waals surface area contributed by atoms with Crippen molar-refractivity contribution in [2.45, 2.75) is 25.5 Å². The lowest BCUT2D eigenvalue weighted by Gasteiger charge is -2.15. The molecule has 0 heterocycles. The van der Waals surface area contributed by atoms with Gasteiger partial charge in [-0.15, -0.1) is 0 Å². The van der Waals surface area contributed by atoms with Crippen LogP contribution in [0.3, 0.4) is 0 Å². The predicted molar refractivity (Wildman–Crippen MR) is 33.1 cm³/mol. The first-order chi connectivity index (χ1) is 3.56. The number of rotatable bonds is 3. The molecule has 0 fully saturated rings. The summed E-state index contributed by atoms with van der Waals surface area (Å²) in [7, 11) is 0. The molecule has 0 aromatic rings. The fourth-order valence-electron chi connectivity index (χ4n) is 0.460. The quantitative estimate of drug-likeness (QED) is 0.433. The van der Waals surface area contributed by atoms with E-state index in [1.54, 1.807) is 6.92 Å². The van der Waals surface area contributed by atoms with Gasteiger partial charge in [0.2, 0.25) is 0 Å². The summed E-state index contributed by atoms with van der Waals surface area (Å²) in [6.45, 7) is 2.16. The summed E-state index contributed by atoms with van der Waals surface area (Å²) in [4.78, 5) is 0. The van der Waals surface area contributed by atoms with Crippen LogP contribution in [-0.4, -0.2) is 17.4 Å². The van der Waals surface area contributed by atoms with Crippen molar-refractivity contribution >= 4 is 0 Å². The maximum atomic E-state index is 8.87. The van der Waals surface area contributed by atoms with Gasteiger partial charge in [0.15, 0.2) is 0 Å². The molecule has 0 bridgehead atoms. The van der Waals surface area contributed by atoms with E-state index in [2.05, 4.69) is 0 Å². The normalized spacial score (nSPS) is 18.0. The highest BCUT2D eigenvalue weighted by molar-refractivity contribution is 4.61. The highest BCUT2D eigenvalue weighted by atomic mass is 16.3. The molecule has 0 radical (unpaired) electrons. The molecule has 0 rings (SSSR count). The molecule has 8 heavy (non-hydrogen) atoms. The van der Waals surface area contributed by atoms with E-state index in [1.165, 1.54) is 0 Å². The van der Waals surface area contributed by atoms with Crippen LogP contribution in [0.5, 0.6) is 0 Å². The second-order valence-corrected chi connectivity index (χ2v) is 2.25. The Hall–Kier alpha value is -0.120. The fraction of sp³-hybridized carbons (Fsp3) is 1.00. The third-order valence-corrected chi connectivity index (χ3v) is 0.887. The summed E-state index contributed by atoms with van der Waals surface area (Å²) in [6.07, 6.45) is 1.35. The Morgan fingerprint density at radius 1 is 1.62 bits per heavy atom. The molecule has 0 aromatic carbocycles. The van der Waals surface area contributed by atoms with Crippen LogP contribution in [0.15, 0.2) is 0 Å². The van der Waals surface area contributed by atoms with Gasteiger partial charge < -0.3 is 16.6 Å². The number of nitrogens with two attached hydrogens (primary N) is 2. The number of hydrogen-bond acceptors (Lipinski definition) is 3. The van der Waals surface area contributed by atoms with Gasteiger partial charge in [-0.3, -0.25) is 0 Å². The van der Waals surface area contributed by atoms with E-state index in [0.717, 1.165) is 6.42 Å². The molecule has 0 aliphatic carbocycles. The zero-order valence-electron chi connectivity index (χ0n) is 5.22. The molecule has 1 atom stereocenters. The molecule has 0 spiro atoms. The summed E-state index contributed by atoms with van der Waals surface area (Å²) in [5.41, 5.74) is 9.36. The smallest absolute Gasteiger partial charge is 0.110 e. The first kappa shape index (κ1) is 7.88. The van der Waals surface area contributed by atoms with Crippen molar-refractivity contribution in [2.75, 3.05) is 6.54 Å². The summed E-state index contributed by atoms with van der Waals surface area (Å²) >= 11 is 0. The van der Waals surface area contributed by atoms with Gasteiger partial charge in [0, 0.05) is 0 Å². The van der Waals surface area contributed by atoms with Gasteiger partial charge in [-0.05, 0) is 26.3 Å². The molecule has 3 nitrogen and oxygen atoms in total. The Morgan fingerprint density at radius 3 is 2.25 bits per heavy atom.